The highest BCUT2D eigenvalue weighted by atomic mass is 16.5. The van der Waals surface area contributed by atoms with Gasteiger partial charge in [-0.1, -0.05) is 34.6 Å². The molecule has 2 N–H and O–H groups in total. The summed E-state index contributed by atoms with van der Waals surface area (Å²) in [5, 5.41) is 5.92. The van der Waals surface area contributed by atoms with E-state index in [1.54, 1.807) is 0 Å². The molecule has 118 valence electrons. The summed E-state index contributed by atoms with van der Waals surface area (Å²) in [4.78, 5) is 11.2. The molecule has 0 unspecified atom stereocenters. The van der Waals surface area contributed by atoms with Crippen LogP contribution in [0.1, 0.15) is 60.8 Å². The summed E-state index contributed by atoms with van der Waals surface area (Å²) in [6, 6.07) is 0. The summed E-state index contributed by atoms with van der Waals surface area (Å²) in [6.07, 6.45) is 3.05. The molecule has 0 radical (unpaired) electrons. The number of ether oxygens (including phenoxy) is 1. The standard InChI is InChI=1S/C11H24N2O2.2C2H6/c1-3-7-12-10-11(14)13-8-5-6-9-15-4-2;2*1-2/h12H,3-10H2,1-2H3,(H,13,14);2*1-2H3. The van der Waals surface area contributed by atoms with Gasteiger partial charge in [-0.2, -0.15) is 0 Å². The van der Waals surface area contributed by atoms with Gasteiger partial charge >= 0.3 is 0 Å². The molecule has 4 heteroatoms. The number of carbonyl (C=O) groups is 1. The van der Waals surface area contributed by atoms with E-state index < -0.39 is 0 Å². The molecule has 19 heavy (non-hydrogen) atoms. The van der Waals surface area contributed by atoms with Gasteiger partial charge in [-0.15, -0.1) is 0 Å². The zero-order valence-electron chi connectivity index (χ0n) is 14.0. The lowest BCUT2D eigenvalue weighted by molar-refractivity contribution is -0.120. The average molecular weight is 276 g/mol. The van der Waals surface area contributed by atoms with Gasteiger partial charge in [0.2, 0.25) is 5.91 Å². The first-order valence-electron chi connectivity index (χ1n) is 7.86. The maximum atomic E-state index is 11.2. The van der Waals surface area contributed by atoms with Crippen molar-refractivity contribution in [3.05, 3.63) is 0 Å². The van der Waals surface area contributed by atoms with Gasteiger partial charge in [0.05, 0.1) is 6.54 Å². The van der Waals surface area contributed by atoms with Crippen LogP contribution in [0.25, 0.3) is 0 Å². The topological polar surface area (TPSA) is 50.4 Å². The highest BCUT2D eigenvalue weighted by molar-refractivity contribution is 5.77. The van der Waals surface area contributed by atoms with Gasteiger partial charge in [0.15, 0.2) is 0 Å². The third-order valence-electron chi connectivity index (χ3n) is 1.95. The summed E-state index contributed by atoms with van der Waals surface area (Å²) in [5.74, 6) is 0.0832. The Morgan fingerprint density at radius 1 is 1.00 bits per heavy atom. The minimum absolute atomic E-state index is 0.0832. The molecule has 0 fully saturated rings. The summed E-state index contributed by atoms with van der Waals surface area (Å²) < 4.78 is 5.19. The Hall–Kier alpha value is -0.610. The number of unbranched alkanes of at least 4 members (excludes halogenated alkanes) is 1. The van der Waals surface area contributed by atoms with Crippen LogP contribution in [-0.2, 0) is 9.53 Å². The number of amides is 1. The Balaban J connectivity index is -0.000000579. The van der Waals surface area contributed by atoms with E-state index in [4.69, 9.17) is 4.74 Å². The van der Waals surface area contributed by atoms with E-state index in [1.165, 1.54) is 0 Å². The van der Waals surface area contributed by atoms with E-state index in [2.05, 4.69) is 17.6 Å². The van der Waals surface area contributed by atoms with Crippen LogP contribution < -0.4 is 10.6 Å². The van der Waals surface area contributed by atoms with Crippen molar-refractivity contribution >= 4 is 5.91 Å². The first-order valence-corrected chi connectivity index (χ1v) is 7.86. The number of hydrogen-bond donors (Lipinski definition) is 2. The molecular weight excluding hydrogens is 240 g/mol. The van der Waals surface area contributed by atoms with Gasteiger partial charge in [-0.3, -0.25) is 4.79 Å². The average Bonchev–Trinajstić information content (AvgIpc) is 2.47. The zero-order valence-corrected chi connectivity index (χ0v) is 14.0. The molecule has 0 heterocycles. The Morgan fingerprint density at radius 3 is 2.16 bits per heavy atom. The van der Waals surface area contributed by atoms with E-state index in [0.717, 1.165) is 45.6 Å². The Labute approximate surface area is 120 Å². The summed E-state index contributed by atoms with van der Waals surface area (Å²) in [5.41, 5.74) is 0. The molecule has 0 aliphatic carbocycles. The van der Waals surface area contributed by atoms with Crippen LogP contribution >= 0.6 is 0 Å². The fourth-order valence-electron chi connectivity index (χ4n) is 1.14. The van der Waals surface area contributed by atoms with Crippen molar-refractivity contribution in [2.45, 2.75) is 60.8 Å². The van der Waals surface area contributed by atoms with Gasteiger partial charge in [0, 0.05) is 19.8 Å². The summed E-state index contributed by atoms with van der Waals surface area (Å²) in [7, 11) is 0. The molecule has 0 aliphatic rings. The van der Waals surface area contributed by atoms with Crippen molar-refractivity contribution in [2.75, 3.05) is 32.8 Å². The van der Waals surface area contributed by atoms with Crippen LogP contribution in [0.15, 0.2) is 0 Å². The van der Waals surface area contributed by atoms with E-state index in [1.807, 2.05) is 34.6 Å². The largest absolute Gasteiger partial charge is 0.382 e. The molecule has 0 aromatic heterocycles. The Bertz CT molecular complexity index is 153. The second-order valence-electron chi connectivity index (χ2n) is 3.43. The van der Waals surface area contributed by atoms with Crippen molar-refractivity contribution in [2.24, 2.45) is 0 Å². The van der Waals surface area contributed by atoms with E-state index in [9.17, 15) is 4.79 Å². The van der Waals surface area contributed by atoms with E-state index in [-0.39, 0.29) is 5.91 Å². The number of hydrogen-bond acceptors (Lipinski definition) is 3. The van der Waals surface area contributed by atoms with Gasteiger partial charge in [-0.25, -0.2) is 0 Å². The van der Waals surface area contributed by atoms with Crippen molar-refractivity contribution < 1.29 is 9.53 Å². The molecule has 0 bridgehead atoms. The predicted octanol–water partition coefficient (Wildman–Crippen LogP) is 2.97. The zero-order chi connectivity index (χ0) is 15.4. The molecular formula is C15H36N2O2. The van der Waals surface area contributed by atoms with Gasteiger partial charge in [-0.05, 0) is 32.7 Å². The van der Waals surface area contributed by atoms with Crippen molar-refractivity contribution in [1.29, 1.82) is 0 Å². The van der Waals surface area contributed by atoms with Crippen molar-refractivity contribution in [3.8, 4) is 0 Å². The smallest absolute Gasteiger partial charge is 0.233 e. The molecule has 0 aromatic carbocycles. The van der Waals surface area contributed by atoms with E-state index >= 15 is 0 Å². The Morgan fingerprint density at radius 2 is 1.63 bits per heavy atom. The monoisotopic (exact) mass is 276 g/mol. The molecule has 0 saturated carbocycles. The van der Waals surface area contributed by atoms with Gasteiger partial charge in [0.25, 0.3) is 0 Å². The molecule has 0 saturated heterocycles. The lowest BCUT2D eigenvalue weighted by Gasteiger charge is -2.05. The minimum Gasteiger partial charge on any atom is -0.382 e. The van der Waals surface area contributed by atoms with Crippen LogP contribution in [-0.4, -0.2) is 38.8 Å². The van der Waals surface area contributed by atoms with E-state index in [0.29, 0.717) is 6.54 Å². The van der Waals surface area contributed by atoms with Crippen molar-refractivity contribution in [3.63, 3.8) is 0 Å². The van der Waals surface area contributed by atoms with Gasteiger partial charge < -0.3 is 15.4 Å². The SMILES string of the molecule is CC.CC.CCCNCC(=O)NCCCCOCC. The van der Waals surface area contributed by atoms with Crippen LogP contribution in [0.4, 0.5) is 0 Å². The van der Waals surface area contributed by atoms with Crippen LogP contribution in [0.3, 0.4) is 0 Å². The lowest BCUT2D eigenvalue weighted by Crippen LogP contribution is -2.34. The maximum Gasteiger partial charge on any atom is 0.233 e. The number of nitrogens with one attached hydrogen (secondary N) is 2. The second kappa shape index (κ2) is 26.1. The fourth-order valence-corrected chi connectivity index (χ4v) is 1.14. The van der Waals surface area contributed by atoms with Crippen LogP contribution in [0.5, 0.6) is 0 Å². The molecule has 0 spiro atoms. The third kappa shape index (κ3) is 26.8. The summed E-state index contributed by atoms with van der Waals surface area (Å²) in [6.45, 7) is 15.7. The minimum atomic E-state index is 0.0832. The first-order chi connectivity index (χ1) is 9.31. The fraction of sp³-hybridized carbons (Fsp3) is 0.933. The van der Waals surface area contributed by atoms with Crippen LogP contribution in [0.2, 0.25) is 0 Å². The maximum absolute atomic E-state index is 11.2. The normalized spacial score (nSPS) is 8.74. The molecule has 0 aliphatic heterocycles. The molecule has 0 rings (SSSR count). The highest BCUT2D eigenvalue weighted by Crippen LogP contribution is 1.87. The number of rotatable bonds is 10. The third-order valence-corrected chi connectivity index (χ3v) is 1.95. The predicted molar refractivity (Wildman–Crippen MR) is 84.6 cm³/mol. The summed E-state index contributed by atoms with van der Waals surface area (Å²) >= 11 is 0. The van der Waals surface area contributed by atoms with Crippen molar-refractivity contribution in [1.82, 2.24) is 10.6 Å². The quantitative estimate of drug-likeness (QED) is 0.603. The molecule has 4 nitrogen and oxygen atoms in total. The molecule has 0 aromatic rings. The first kappa shape index (κ1) is 23.5. The highest BCUT2D eigenvalue weighted by Gasteiger charge is 1.98. The van der Waals surface area contributed by atoms with Crippen LogP contribution in [0, 0.1) is 0 Å². The lowest BCUT2D eigenvalue weighted by atomic mass is 10.3. The van der Waals surface area contributed by atoms with Gasteiger partial charge in [0.1, 0.15) is 0 Å². The Kier molecular flexibility index (Phi) is 32.2. The molecule has 1 amide bonds. The number of carbonyl (C=O) groups excluding carboxylic acids is 1. The molecule has 0 atom stereocenters. The second-order valence-corrected chi connectivity index (χ2v) is 3.43.